The summed E-state index contributed by atoms with van der Waals surface area (Å²) in [4.78, 5) is 12.5. The molecule has 1 saturated heterocycles. The Hall–Kier alpha value is -2.73. The molecule has 2 aromatic rings. The second kappa shape index (κ2) is 10.7. The highest BCUT2D eigenvalue weighted by Crippen LogP contribution is 2.26. The number of para-hydroxylation sites is 4. The van der Waals surface area contributed by atoms with Gasteiger partial charge >= 0.3 is 0 Å². The van der Waals surface area contributed by atoms with E-state index >= 15 is 0 Å². The van der Waals surface area contributed by atoms with Gasteiger partial charge in [-0.25, -0.2) is 0 Å². The summed E-state index contributed by atoms with van der Waals surface area (Å²) in [5, 5.41) is 6.07. The first-order chi connectivity index (χ1) is 14.1. The third-order valence-corrected chi connectivity index (χ3v) is 4.51. The van der Waals surface area contributed by atoms with Crippen LogP contribution in [0.4, 0.5) is 11.4 Å². The van der Waals surface area contributed by atoms with Crippen molar-refractivity contribution in [2.75, 3.05) is 37.0 Å². The highest BCUT2D eigenvalue weighted by atomic mass is 16.5. The largest absolute Gasteiger partial charge is 0.491 e. The predicted octanol–water partition coefficient (Wildman–Crippen LogP) is 4.33. The normalized spacial score (nSPS) is 15.9. The quantitative estimate of drug-likeness (QED) is 0.623. The lowest BCUT2D eigenvalue weighted by Gasteiger charge is -2.16. The van der Waals surface area contributed by atoms with Crippen LogP contribution in [0.1, 0.15) is 26.7 Å². The Morgan fingerprint density at radius 2 is 1.76 bits per heavy atom. The Morgan fingerprint density at radius 3 is 2.45 bits per heavy atom. The minimum absolute atomic E-state index is 0.124. The van der Waals surface area contributed by atoms with Crippen molar-refractivity contribution in [3.63, 3.8) is 0 Å². The van der Waals surface area contributed by atoms with Crippen LogP contribution in [0.15, 0.2) is 48.5 Å². The molecule has 6 nitrogen and oxygen atoms in total. The highest BCUT2D eigenvalue weighted by molar-refractivity contribution is 5.95. The smallest absolute Gasteiger partial charge is 0.243 e. The van der Waals surface area contributed by atoms with Gasteiger partial charge < -0.3 is 24.8 Å². The van der Waals surface area contributed by atoms with E-state index in [0.717, 1.165) is 30.9 Å². The molecule has 2 N–H and O–H groups in total. The van der Waals surface area contributed by atoms with Gasteiger partial charge in [0.05, 0.1) is 30.6 Å². The van der Waals surface area contributed by atoms with Crippen molar-refractivity contribution in [3.8, 4) is 11.5 Å². The van der Waals surface area contributed by atoms with E-state index < -0.39 is 0 Å². The summed E-state index contributed by atoms with van der Waals surface area (Å²) in [6.07, 6.45) is 2.25. The van der Waals surface area contributed by atoms with E-state index in [1.165, 1.54) is 0 Å². The topological polar surface area (TPSA) is 68.8 Å². The minimum atomic E-state index is -0.153. The Labute approximate surface area is 172 Å². The lowest BCUT2D eigenvalue weighted by atomic mass is 10.2. The fourth-order valence-corrected chi connectivity index (χ4v) is 3.02. The minimum Gasteiger partial charge on any atom is -0.491 e. The van der Waals surface area contributed by atoms with Gasteiger partial charge in [-0.3, -0.25) is 4.79 Å². The van der Waals surface area contributed by atoms with Crippen LogP contribution in [0.2, 0.25) is 0 Å². The van der Waals surface area contributed by atoms with Gasteiger partial charge in [0.25, 0.3) is 0 Å². The van der Waals surface area contributed by atoms with E-state index in [4.69, 9.17) is 14.2 Å². The Bertz CT molecular complexity index is 788. The van der Waals surface area contributed by atoms with Gasteiger partial charge in [0.2, 0.25) is 5.91 Å². The Balaban J connectivity index is 1.53. The van der Waals surface area contributed by atoms with Gasteiger partial charge in [-0.05, 0) is 43.0 Å². The Kier molecular flexibility index (Phi) is 7.76. The van der Waals surface area contributed by atoms with Crippen LogP contribution in [-0.2, 0) is 9.53 Å². The molecule has 6 heteroatoms. The summed E-state index contributed by atoms with van der Waals surface area (Å²) in [5.74, 6) is 1.65. The predicted molar refractivity (Wildman–Crippen MR) is 115 cm³/mol. The molecule has 29 heavy (non-hydrogen) atoms. The van der Waals surface area contributed by atoms with E-state index in [9.17, 15) is 4.79 Å². The van der Waals surface area contributed by atoms with Crippen molar-refractivity contribution in [3.05, 3.63) is 48.5 Å². The molecule has 0 radical (unpaired) electrons. The second-order valence-corrected chi connectivity index (χ2v) is 7.54. The van der Waals surface area contributed by atoms with Crippen molar-refractivity contribution in [2.24, 2.45) is 5.92 Å². The number of anilines is 2. The van der Waals surface area contributed by atoms with Crippen LogP contribution >= 0.6 is 0 Å². The number of nitrogens with one attached hydrogen (secondary N) is 2. The number of amides is 1. The molecule has 1 aliphatic heterocycles. The van der Waals surface area contributed by atoms with Crippen molar-refractivity contribution in [2.45, 2.75) is 32.8 Å². The zero-order valence-electron chi connectivity index (χ0n) is 17.1. The molecule has 1 unspecified atom stereocenters. The van der Waals surface area contributed by atoms with E-state index in [2.05, 4.69) is 24.5 Å². The molecule has 156 valence electrons. The third kappa shape index (κ3) is 6.68. The molecule has 0 aromatic heterocycles. The molecule has 1 heterocycles. The highest BCUT2D eigenvalue weighted by Gasteiger charge is 2.17. The van der Waals surface area contributed by atoms with Crippen LogP contribution in [0.3, 0.4) is 0 Å². The molecule has 0 aliphatic carbocycles. The average Bonchev–Trinajstić information content (AvgIpc) is 3.24. The van der Waals surface area contributed by atoms with Crippen LogP contribution in [0, 0.1) is 5.92 Å². The number of carbonyl (C=O) groups excluding carboxylic acids is 1. The first kappa shape index (κ1) is 21.0. The summed E-state index contributed by atoms with van der Waals surface area (Å²) in [7, 11) is 0. The molecular weight excluding hydrogens is 368 g/mol. The lowest BCUT2D eigenvalue weighted by molar-refractivity contribution is -0.114. The van der Waals surface area contributed by atoms with E-state index in [1.807, 2.05) is 48.5 Å². The maximum Gasteiger partial charge on any atom is 0.243 e. The number of hydrogen-bond acceptors (Lipinski definition) is 5. The third-order valence-electron chi connectivity index (χ3n) is 4.51. The zero-order valence-corrected chi connectivity index (χ0v) is 17.1. The lowest BCUT2D eigenvalue weighted by Crippen LogP contribution is -2.23. The number of hydrogen-bond donors (Lipinski definition) is 2. The van der Waals surface area contributed by atoms with Gasteiger partial charge in [0.1, 0.15) is 18.1 Å². The van der Waals surface area contributed by atoms with Gasteiger partial charge in [-0.1, -0.05) is 38.1 Å². The molecule has 3 rings (SSSR count). The number of ether oxygens (including phenoxy) is 3. The van der Waals surface area contributed by atoms with Crippen LogP contribution in [-0.4, -0.2) is 38.4 Å². The van der Waals surface area contributed by atoms with E-state index in [0.29, 0.717) is 30.6 Å². The maximum atomic E-state index is 12.5. The molecular formula is C23H30N2O4. The van der Waals surface area contributed by atoms with Crippen LogP contribution in [0.5, 0.6) is 11.5 Å². The number of rotatable bonds is 10. The van der Waals surface area contributed by atoms with Crippen molar-refractivity contribution < 1.29 is 19.0 Å². The molecule has 0 spiro atoms. The van der Waals surface area contributed by atoms with Gasteiger partial charge in [0, 0.05) is 6.61 Å². The summed E-state index contributed by atoms with van der Waals surface area (Å²) in [5.41, 5.74) is 1.45. The van der Waals surface area contributed by atoms with E-state index in [1.54, 1.807) is 0 Å². The zero-order chi connectivity index (χ0) is 20.5. The second-order valence-electron chi connectivity index (χ2n) is 7.54. The standard InChI is InChI=1S/C23H30N2O4/c1-17(2)15-28-22-12-6-4-10-20(22)25-23(26)14-24-19-9-3-5-11-21(19)29-16-18-8-7-13-27-18/h3-6,9-12,17-18,24H,7-8,13-16H2,1-2H3,(H,25,26). The van der Waals surface area contributed by atoms with Gasteiger partial charge in [0.15, 0.2) is 0 Å². The number of benzene rings is 2. The molecule has 2 aromatic carbocycles. The molecule has 0 bridgehead atoms. The monoisotopic (exact) mass is 398 g/mol. The van der Waals surface area contributed by atoms with Gasteiger partial charge in [-0.15, -0.1) is 0 Å². The Morgan fingerprint density at radius 1 is 1.07 bits per heavy atom. The molecule has 0 saturated carbocycles. The van der Waals surface area contributed by atoms with E-state index in [-0.39, 0.29) is 18.6 Å². The summed E-state index contributed by atoms with van der Waals surface area (Å²) >= 11 is 0. The van der Waals surface area contributed by atoms with Crippen LogP contribution < -0.4 is 20.1 Å². The molecule has 1 amide bonds. The van der Waals surface area contributed by atoms with Gasteiger partial charge in [-0.2, -0.15) is 0 Å². The first-order valence-corrected chi connectivity index (χ1v) is 10.2. The SMILES string of the molecule is CC(C)COc1ccccc1NC(=O)CNc1ccccc1OCC1CCCO1. The fourth-order valence-electron chi connectivity index (χ4n) is 3.02. The molecule has 1 aliphatic rings. The summed E-state index contributed by atoms with van der Waals surface area (Å²) in [6, 6.07) is 15.1. The molecule has 1 atom stereocenters. The summed E-state index contributed by atoms with van der Waals surface area (Å²) in [6.45, 7) is 6.22. The van der Waals surface area contributed by atoms with Crippen LogP contribution in [0.25, 0.3) is 0 Å². The van der Waals surface area contributed by atoms with Crippen molar-refractivity contribution in [1.29, 1.82) is 0 Å². The number of carbonyl (C=O) groups is 1. The summed E-state index contributed by atoms with van der Waals surface area (Å²) < 4.78 is 17.3. The van der Waals surface area contributed by atoms with Crippen molar-refractivity contribution in [1.82, 2.24) is 0 Å². The maximum absolute atomic E-state index is 12.5. The first-order valence-electron chi connectivity index (χ1n) is 10.2. The average molecular weight is 399 g/mol. The molecule has 1 fully saturated rings. The van der Waals surface area contributed by atoms with Crippen molar-refractivity contribution >= 4 is 17.3 Å². The fraction of sp³-hybridized carbons (Fsp3) is 0.435.